The first kappa shape index (κ1) is 27.0. The van der Waals surface area contributed by atoms with Gasteiger partial charge >= 0.3 is 0 Å². The van der Waals surface area contributed by atoms with Crippen molar-refractivity contribution < 1.29 is 18.0 Å². The van der Waals surface area contributed by atoms with Gasteiger partial charge in [0.1, 0.15) is 6.04 Å². The van der Waals surface area contributed by atoms with Gasteiger partial charge in [0, 0.05) is 24.6 Å². The summed E-state index contributed by atoms with van der Waals surface area (Å²) < 4.78 is 27.8. The molecule has 0 aliphatic carbocycles. The van der Waals surface area contributed by atoms with E-state index < -0.39 is 22.0 Å². The quantitative estimate of drug-likeness (QED) is 0.501. The molecule has 0 unspecified atom stereocenters. The average Bonchev–Trinajstić information content (AvgIpc) is 2.76. The van der Waals surface area contributed by atoms with E-state index in [9.17, 15) is 18.0 Å². The predicted octanol–water partition coefficient (Wildman–Crippen LogP) is 3.57. The van der Waals surface area contributed by atoms with E-state index in [-0.39, 0.29) is 29.8 Å². The molecule has 2 aromatic carbocycles. The van der Waals surface area contributed by atoms with E-state index in [1.54, 1.807) is 19.1 Å². The summed E-state index contributed by atoms with van der Waals surface area (Å²) in [4.78, 5) is 27.5. The lowest BCUT2D eigenvalue weighted by molar-refractivity contribution is -0.140. The summed E-state index contributed by atoms with van der Waals surface area (Å²) in [5, 5.41) is 2.85. The zero-order valence-electron chi connectivity index (χ0n) is 19.7. The van der Waals surface area contributed by atoms with Crippen LogP contribution in [-0.4, -0.2) is 55.6 Å². The number of aryl methyl sites for hydroxylation is 1. The Labute approximate surface area is 205 Å². The van der Waals surface area contributed by atoms with Crippen LogP contribution in [0.1, 0.15) is 31.9 Å². The van der Waals surface area contributed by atoms with Crippen LogP contribution in [-0.2, 0) is 26.2 Å². The highest BCUT2D eigenvalue weighted by Gasteiger charge is 2.30. The second kappa shape index (κ2) is 11.8. The Morgan fingerprint density at radius 3 is 2.12 bits per heavy atom. The molecule has 9 heteroatoms. The molecule has 0 radical (unpaired) electrons. The summed E-state index contributed by atoms with van der Waals surface area (Å²) in [6.45, 7) is 7.79. The molecule has 0 aliphatic heterocycles. The third-order valence-corrected chi connectivity index (χ3v) is 7.55. The maximum Gasteiger partial charge on any atom is 0.243 e. The molecule has 1 N–H and O–H groups in total. The zero-order chi connectivity index (χ0) is 24.8. The molecule has 2 amide bonds. The maximum atomic E-state index is 13.3. The molecule has 2 rings (SSSR count). The minimum atomic E-state index is -3.85. The Morgan fingerprint density at radius 2 is 1.58 bits per heavy atom. The van der Waals surface area contributed by atoms with Crippen LogP contribution in [0.25, 0.3) is 0 Å². The Hall–Kier alpha value is -2.23. The van der Waals surface area contributed by atoms with Gasteiger partial charge in [-0.3, -0.25) is 9.59 Å². The topological polar surface area (TPSA) is 86.8 Å². The molecule has 0 saturated heterocycles. The third-order valence-electron chi connectivity index (χ3n) is 5.21. The fourth-order valence-corrected chi connectivity index (χ4v) is 4.46. The first-order valence-corrected chi connectivity index (χ1v) is 13.0. The SMILES string of the molecule is Cc1ccc(S(=O)(=O)N(C)CC(=O)N(Cc2ccc(Br)cc2)[C@@H](C)C(=O)NCC(C)C)cc1. The molecule has 0 aromatic heterocycles. The van der Waals surface area contributed by atoms with Gasteiger partial charge in [-0.2, -0.15) is 4.31 Å². The molecule has 0 bridgehead atoms. The number of benzene rings is 2. The molecule has 0 spiro atoms. The number of hydrogen-bond donors (Lipinski definition) is 1. The van der Waals surface area contributed by atoms with E-state index in [1.807, 2.05) is 45.0 Å². The van der Waals surface area contributed by atoms with Crippen LogP contribution in [0.2, 0.25) is 0 Å². The number of halogens is 1. The van der Waals surface area contributed by atoms with Gasteiger partial charge < -0.3 is 10.2 Å². The van der Waals surface area contributed by atoms with Gasteiger partial charge in [0.25, 0.3) is 0 Å². The van der Waals surface area contributed by atoms with Crippen molar-refractivity contribution in [1.82, 2.24) is 14.5 Å². The monoisotopic (exact) mass is 537 g/mol. The lowest BCUT2D eigenvalue weighted by atomic mass is 10.1. The number of sulfonamides is 1. The Balaban J connectivity index is 2.24. The maximum absolute atomic E-state index is 13.3. The third kappa shape index (κ3) is 7.65. The summed E-state index contributed by atoms with van der Waals surface area (Å²) in [5.41, 5.74) is 1.77. The minimum Gasteiger partial charge on any atom is -0.354 e. The number of carbonyl (C=O) groups is 2. The number of nitrogens with zero attached hydrogens (tertiary/aromatic N) is 2. The van der Waals surface area contributed by atoms with Crippen LogP contribution in [0.5, 0.6) is 0 Å². The van der Waals surface area contributed by atoms with Crippen LogP contribution in [0.3, 0.4) is 0 Å². The summed E-state index contributed by atoms with van der Waals surface area (Å²) in [7, 11) is -2.48. The van der Waals surface area contributed by atoms with Crippen molar-refractivity contribution in [2.24, 2.45) is 5.92 Å². The zero-order valence-corrected chi connectivity index (χ0v) is 22.1. The van der Waals surface area contributed by atoms with E-state index in [0.29, 0.717) is 6.54 Å². The second-order valence-corrected chi connectivity index (χ2v) is 11.5. The van der Waals surface area contributed by atoms with Crippen molar-refractivity contribution in [1.29, 1.82) is 0 Å². The number of likely N-dealkylation sites (N-methyl/N-ethyl adjacent to an activating group) is 1. The number of amides is 2. The highest BCUT2D eigenvalue weighted by Crippen LogP contribution is 2.17. The summed E-state index contributed by atoms with van der Waals surface area (Å²) in [6.07, 6.45) is 0. The lowest BCUT2D eigenvalue weighted by Crippen LogP contribution is -2.51. The van der Waals surface area contributed by atoms with E-state index in [0.717, 1.165) is 19.9 Å². The Morgan fingerprint density at radius 1 is 1.00 bits per heavy atom. The van der Waals surface area contributed by atoms with Crippen molar-refractivity contribution in [3.05, 3.63) is 64.1 Å². The number of rotatable bonds is 10. The van der Waals surface area contributed by atoms with Crippen LogP contribution in [0, 0.1) is 12.8 Å². The largest absolute Gasteiger partial charge is 0.354 e. The van der Waals surface area contributed by atoms with Crippen LogP contribution in [0.15, 0.2) is 57.9 Å². The van der Waals surface area contributed by atoms with Gasteiger partial charge in [-0.1, -0.05) is 59.6 Å². The highest BCUT2D eigenvalue weighted by atomic mass is 79.9. The number of nitrogens with one attached hydrogen (secondary N) is 1. The van der Waals surface area contributed by atoms with Gasteiger partial charge in [0.2, 0.25) is 21.8 Å². The summed E-state index contributed by atoms with van der Waals surface area (Å²) >= 11 is 3.39. The molecule has 2 aromatic rings. The van der Waals surface area contributed by atoms with Crippen molar-refractivity contribution in [3.8, 4) is 0 Å². The van der Waals surface area contributed by atoms with E-state index in [4.69, 9.17) is 0 Å². The van der Waals surface area contributed by atoms with Crippen molar-refractivity contribution >= 4 is 37.8 Å². The highest BCUT2D eigenvalue weighted by molar-refractivity contribution is 9.10. The summed E-state index contributed by atoms with van der Waals surface area (Å²) in [5.74, 6) is -0.468. The van der Waals surface area contributed by atoms with Crippen LogP contribution < -0.4 is 5.32 Å². The molecular weight excluding hydrogens is 506 g/mol. The fourth-order valence-electron chi connectivity index (χ4n) is 3.08. The van der Waals surface area contributed by atoms with Crippen molar-refractivity contribution in [3.63, 3.8) is 0 Å². The van der Waals surface area contributed by atoms with Gasteiger partial charge in [0.05, 0.1) is 11.4 Å². The Kier molecular flexibility index (Phi) is 9.63. The van der Waals surface area contributed by atoms with Gasteiger partial charge in [-0.15, -0.1) is 0 Å². The Bertz CT molecular complexity index is 1050. The van der Waals surface area contributed by atoms with E-state index >= 15 is 0 Å². The second-order valence-electron chi connectivity index (χ2n) is 8.54. The molecular formula is C24H32BrN3O4S. The number of hydrogen-bond acceptors (Lipinski definition) is 4. The van der Waals surface area contributed by atoms with Gasteiger partial charge in [-0.05, 0) is 49.6 Å². The first-order valence-electron chi connectivity index (χ1n) is 10.8. The molecule has 0 heterocycles. The molecule has 180 valence electrons. The first-order chi connectivity index (χ1) is 15.4. The molecule has 0 fully saturated rings. The summed E-state index contributed by atoms with van der Waals surface area (Å²) in [6, 6.07) is 13.1. The average molecular weight is 539 g/mol. The normalized spacial score (nSPS) is 12.6. The van der Waals surface area contributed by atoms with Crippen LogP contribution in [0.4, 0.5) is 0 Å². The predicted molar refractivity (Wildman–Crippen MR) is 133 cm³/mol. The van der Waals surface area contributed by atoms with Crippen molar-refractivity contribution in [2.45, 2.75) is 45.2 Å². The number of carbonyl (C=O) groups excluding carboxylic acids is 2. The standard InChI is InChI=1S/C24H32BrN3O4S/c1-17(2)14-26-24(30)19(4)28(15-20-8-10-21(25)11-9-20)23(29)16-27(5)33(31,32)22-12-6-18(3)7-13-22/h6-13,17,19H,14-16H2,1-5H3,(H,26,30)/t19-/m0/s1. The van der Waals surface area contributed by atoms with Gasteiger partial charge in [-0.25, -0.2) is 8.42 Å². The van der Waals surface area contributed by atoms with E-state index in [1.165, 1.54) is 24.1 Å². The van der Waals surface area contributed by atoms with Crippen LogP contribution >= 0.6 is 15.9 Å². The molecule has 0 aliphatic rings. The van der Waals surface area contributed by atoms with E-state index in [2.05, 4.69) is 21.2 Å². The lowest BCUT2D eigenvalue weighted by Gasteiger charge is -2.30. The molecule has 33 heavy (non-hydrogen) atoms. The van der Waals surface area contributed by atoms with Gasteiger partial charge in [0.15, 0.2) is 0 Å². The minimum absolute atomic E-state index is 0.116. The molecule has 0 saturated carbocycles. The molecule has 1 atom stereocenters. The smallest absolute Gasteiger partial charge is 0.243 e. The van der Waals surface area contributed by atoms with Crippen molar-refractivity contribution in [2.75, 3.05) is 20.1 Å². The fraction of sp³-hybridized carbons (Fsp3) is 0.417. The molecule has 7 nitrogen and oxygen atoms in total.